The van der Waals surface area contributed by atoms with Crippen LogP contribution in [0.25, 0.3) is 17.0 Å². The molecule has 0 aliphatic carbocycles. The molecule has 0 aliphatic rings. The lowest BCUT2D eigenvalue weighted by atomic mass is 10.1. The Morgan fingerprint density at radius 1 is 1.47 bits per heavy atom. The summed E-state index contributed by atoms with van der Waals surface area (Å²) in [4.78, 5) is 15.7. The van der Waals surface area contributed by atoms with Gasteiger partial charge >= 0.3 is 5.97 Å². The van der Waals surface area contributed by atoms with Crippen molar-refractivity contribution < 1.29 is 9.53 Å². The molecule has 0 fully saturated rings. The van der Waals surface area contributed by atoms with Gasteiger partial charge in [0.05, 0.1) is 12.1 Å². The number of fused-ring (bicyclic) bond motifs is 1. The van der Waals surface area contributed by atoms with Crippen molar-refractivity contribution in [3.05, 3.63) is 46.6 Å². The van der Waals surface area contributed by atoms with Crippen molar-refractivity contribution in [1.82, 2.24) is 4.98 Å². The maximum Gasteiger partial charge on any atom is 0.330 e. The van der Waals surface area contributed by atoms with Gasteiger partial charge in [-0.3, -0.25) is 4.98 Å². The summed E-state index contributed by atoms with van der Waals surface area (Å²) in [5.74, 6) is -0.372. The van der Waals surface area contributed by atoms with E-state index in [2.05, 4.69) is 4.98 Å². The van der Waals surface area contributed by atoms with Crippen molar-refractivity contribution >= 4 is 34.5 Å². The minimum absolute atomic E-state index is 0.358. The van der Waals surface area contributed by atoms with Gasteiger partial charge in [0, 0.05) is 28.2 Å². The molecule has 19 heavy (non-hydrogen) atoms. The number of hydrogen-bond donors (Lipinski definition) is 0. The van der Waals surface area contributed by atoms with E-state index in [0.29, 0.717) is 11.6 Å². The first kappa shape index (κ1) is 13.6. The highest BCUT2D eigenvalue weighted by atomic mass is 35.5. The second-order valence-electron chi connectivity index (χ2n) is 4.10. The van der Waals surface area contributed by atoms with Crippen molar-refractivity contribution in [3.8, 4) is 0 Å². The monoisotopic (exact) mass is 275 g/mol. The summed E-state index contributed by atoms with van der Waals surface area (Å²) < 4.78 is 4.85. The van der Waals surface area contributed by atoms with E-state index in [9.17, 15) is 4.79 Å². The summed E-state index contributed by atoms with van der Waals surface area (Å²) >= 11 is 6.09. The number of aromatic nitrogens is 1. The zero-order valence-electron chi connectivity index (χ0n) is 10.8. The Labute approximate surface area is 116 Å². The maximum atomic E-state index is 11.3. The molecule has 1 heterocycles. The van der Waals surface area contributed by atoms with Crippen LogP contribution in [0.3, 0.4) is 0 Å². The van der Waals surface area contributed by atoms with Crippen LogP contribution in [0.15, 0.2) is 30.5 Å². The second-order valence-corrected chi connectivity index (χ2v) is 4.54. The molecular weight excluding hydrogens is 262 g/mol. The third-order valence-electron chi connectivity index (χ3n) is 2.74. The quantitative estimate of drug-likeness (QED) is 0.632. The van der Waals surface area contributed by atoms with Crippen LogP contribution in [0.4, 0.5) is 0 Å². The van der Waals surface area contributed by atoms with Gasteiger partial charge in [-0.25, -0.2) is 4.79 Å². The summed E-state index contributed by atoms with van der Waals surface area (Å²) in [6, 6.07) is 5.59. The van der Waals surface area contributed by atoms with E-state index >= 15 is 0 Å². The summed E-state index contributed by atoms with van der Waals surface area (Å²) in [7, 11) is 0. The predicted octanol–water partition coefficient (Wildman–Crippen LogP) is 3.77. The highest BCUT2D eigenvalue weighted by Crippen LogP contribution is 2.25. The molecule has 0 bridgehead atoms. The Hall–Kier alpha value is -1.87. The van der Waals surface area contributed by atoms with Crippen molar-refractivity contribution in [3.63, 3.8) is 0 Å². The van der Waals surface area contributed by atoms with Crippen molar-refractivity contribution in [2.24, 2.45) is 0 Å². The molecule has 0 unspecified atom stereocenters. The van der Waals surface area contributed by atoms with Gasteiger partial charge in [0.25, 0.3) is 0 Å². The molecule has 98 valence electrons. The fourth-order valence-corrected chi connectivity index (χ4v) is 2.08. The van der Waals surface area contributed by atoms with Gasteiger partial charge in [0.15, 0.2) is 0 Å². The minimum Gasteiger partial charge on any atom is -0.463 e. The van der Waals surface area contributed by atoms with Gasteiger partial charge in [-0.05, 0) is 43.7 Å². The second kappa shape index (κ2) is 5.85. The first-order valence-electron chi connectivity index (χ1n) is 6.01. The van der Waals surface area contributed by atoms with Gasteiger partial charge in [-0.2, -0.15) is 0 Å². The lowest BCUT2D eigenvalue weighted by Gasteiger charge is -2.05. The molecular formula is C15H14ClNO2. The number of esters is 1. The van der Waals surface area contributed by atoms with E-state index in [1.54, 1.807) is 25.3 Å². The topological polar surface area (TPSA) is 39.2 Å². The predicted molar refractivity (Wildman–Crippen MR) is 77.2 cm³/mol. The fraction of sp³-hybridized carbons (Fsp3) is 0.200. The van der Waals surface area contributed by atoms with Crippen LogP contribution in [0.2, 0.25) is 5.02 Å². The first-order chi connectivity index (χ1) is 9.11. The van der Waals surface area contributed by atoms with Gasteiger partial charge < -0.3 is 4.74 Å². The number of rotatable bonds is 3. The number of nitrogens with zero attached hydrogens (tertiary/aromatic N) is 1. The van der Waals surface area contributed by atoms with Gasteiger partial charge in [0.1, 0.15) is 0 Å². The number of halogens is 1. The zero-order chi connectivity index (χ0) is 13.8. The highest BCUT2D eigenvalue weighted by molar-refractivity contribution is 6.31. The highest BCUT2D eigenvalue weighted by Gasteiger charge is 2.05. The molecule has 2 aromatic rings. The third-order valence-corrected chi connectivity index (χ3v) is 2.96. The van der Waals surface area contributed by atoms with E-state index in [-0.39, 0.29) is 5.97 Å². The molecule has 0 spiro atoms. The van der Waals surface area contributed by atoms with Gasteiger partial charge in [-0.1, -0.05) is 11.6 Å². The van der Waals surface area contributed by atoms with Crippen molar-refractivity contribution in [2.75, 3.05) is 6.61 Å². The summed E-state index contributed by atoms with van der Waals surface area (Å²) in [6.45, 7) is 4.13. The molecule has 0 N–H and O–H groups in total. The molecule has 0 amide bonds. The normalized spacial score (nSPS) is 11.1. The molecule has 0 aliphatic heterocycles. The van der Waals surface area contributed by atoms with Gasteiger partial charge in [-0.15, -0.1) is 0 Å². The maximum absolute atomic E-state index is 11.3. The van der Waals surface area contributed by atoms with E-state index in [1.165, 1.54) is 6.08 Å². The average molecular weight is 276 g/mol. The molecule has 1 aromatic carbocycles. The molecule has 0 saturated heterocycles. The number of carbonyl (C=O) groups is 1. The number of hydrogen-bond acceptors (Lipinski definition) is 3. The van der Waals surface area contributed by atoms with Crippen LogP contribution >= 0.6 is 11.6 Å². The number of pyridine rings is 1. The third kappa shape index (κ3) is 3.12. The van der Waals surface area contributed by atoms with Crippen LogP contribution in [0.1, 0.15) is 18.1 Å². The summed E-state index contributed by atoms with van der Waals surface area (Å²) in [5.41, 5.74) is 2.72. The number of ether oxygens (including phenoxy) is 1. The number of carbonyl (C=O) groups excluding carboxylic acids is 1. The van der Waals surface area contributed by atoms with Crippen LogP contribution in [0.5, 0.6) is 0 Å². The minimum atomic E-state index is -0.372. The molecule has 0 radical (unpaired) electrons. The van der Waals surface area contributed by atoms with Crippen molar-refractivity contribution in [1.29, 1.82) is 0 Å². The zero-order valence-corrected chi connectivity index (χ0v) is 11.6. The molecule has 3 nitrogen and oxygen atoms in total. The standard InChI is InChI=1S/C15H14ClNO2/c1-3-19-14(18)5-4-11-8-12(16)9-13-10(2)6-7-17-15(11)13/h4-9H,3H2,1-2H3/b5-4+. The van der Waals surface area contributed by atoms with Gasteiger partial charge in [0.2, 0.25) is 0 Å². The smallest absolute Gasteiger partial charge is 0.330 e. The molecule has 4 heteroatoms. The SMILES string of the molecule is CCOC(=O)/C=C/c1cc(Cl)cc2c(C)ccnc12. The Morgan fingerprint density at radius 3 is 3.00 bits per heavy atom. The lowest BCUT2D eigenvalue weighted by Crippen LogP contribution is -1.98. The Morgan fingerprint density at radius 2 is 2.26 bits per heavy atom. The molecule has 2 rings (SSSR count). The van der Waals surface area contributed by atoms with E-state index < -0.39 is 0 Å². The molecule has 0 atom stereocenters. The van der Waals surface area contributed by atoms with E-state index in [0.717, 1.165) is 22.0 Å². The average Bonchev–Trinajstić information content (AvgIpc) is 2.37. The van der Waals surface area contributed by atoms with Crippen LogP contribution in [-0.4, -0.2) is 17.6 Å². The van der Waals surface area contributed by atoms with E-state index in [4.69, 9.17) is 16.3 Å². The first-order valence-corrected chi connectivity index (χ1v) is 6.39. The molecule has 1 aromatic heterocycles. The van der Waals surface area contributed by atoms with Crippen LogP contribution in [-0.2, 0) is 9.53 Å². The number of aryl methyl sites for hydroxylation is 1. The largest absolute Gasteiger partial charge is 0.463 e. The summed E-state index contributed by atoms with van der Waals surface area (Å²) in [5, 5.41) is 1.60. The summed E-state index contributed by atoms with van der Waals surface area (Å²) in [6.07, 6.45) is 4.81. The Kier molecular flexibility index (Phi) is 4.17. The Balaban J connectivity index is 2.48. The van der Waals surface area contributed by atoms with E-state index in [1.807, 2.05) is 19.1 Å². The molecule has 0 saturated carbocycles. The van der Waals surface area contributed by atoms with Crippen LogP contribution < -0.4 is 0 Å². The fourth-order valence-electron chi connectivity index (χ4n) is 1.85. The number of benzene rings is 1. The van der Waals surface area contributed by atoms with Crippen molar-refractivity contribution in [2.45, 2.75) is 13.8 Å². The Bertz CT molecular complexity index is 650. The lowest BCUT2D eigenvalue weighted by molar-refractivity contribution is -0.137. The van der Waals surface area contributed by atoms with Crippen LogP contribution in [0, 0.1) is 6.92 Å².